The van der Waals surface area contributed by atoms with E-state index in [9.17, 15) is 4.79 Å². The fourth-order valence-electron chi connectivity index (χ4n) is 3.57. The number of likely N-dealkylation sites (tertiary alicyclic amines) is 1. The number of carbonyl (C=O) groups excluding carboxylic acids is 1. The molecule has 2 atom stereocenters. The van der Waals surface area contributed by atoms with Crippen molar-refractivity contribution in [2.45, 2.75) is 19.4 Å². The lowest BCUT2D eigenvalue weighted by molar-refractivity contribution is -0.127. The zero-order chi connectivity index (χ0) is 17.6. The monoisotopic (exact) mass is 339 g/mol. The van der Waals surface area contributed by atoms with Crippen LogP contribution in [0.5, 0.6) is 0 Å². The molecule has 1 saturated heterocycles. The van der Waals surface area contributed by atoms with E-state index in [1.165, 1.54) is 0 Å². The maximum Gasteiger partial charge on any atom is 0.295 e. The number of hydrogen-bond donors (Lipinski definition) is 1. The van der Waals surface area contributed by atoms with Crippen molar-refractivity contribution in [2.24, 2.45) is 13.0 Å². The van der Waals surface area contributed by atoms with Crippen LogP contribution in [0.3, 0.4) is 0 Å². The van der Waals surface area contributed by atoms with Gasteiger partial charge < -0.3 is 14.6 Å². The van der Waals surface area contributed by atoms with Crippen molar-refractivity contribution in [3.63, 3.8) is 0 Å². The third kappa shape index (κ3) is 2.65. The summed E-state index contributed by atoms with van der Waals surface area (Å²) in [6, 6.07) is 8.16. The highest BCUT2D eigenvalue weighted by molar-refractivity contribution is 5.79. The van der Waals surface area contributed by atoms with Gasteiger partial charge in [0.05, 0.1) is 12.2 Å². The molecule has 0 aliphatic carbocycles. The molecule has 0 radical (unpaired) electrons. The SMILES string of the molecule is Cc1c([C@H]2[C@H](CNc3nc4ccccc4o3)CC(=O)N2C)cnn1C. The lowest BCUT2D eigenvalue weighted by Gasteiger charge is -2.25. The number of nitrogens with zero attached hydrogens (tertiary/aromatic N) is 4. The summed E-state index contributed by atoms with van der Waals surface area (Å²) in [6.45, 7) is 2.65. The fraction of sp³-hybridized carbons (Fsp3) is 0.389. The normalized spacial score (nSPS) is 20.6. The average Bonchev–Trinajstić information content (AvgIpc) is 3.24. The molecule has 1 N–H and O–H groups in total. The zero-order valence-electron chi connectivity index (χ0n) is 14.6. The van der Waals surface area contributed by atoms with Crippen molar-refractivity contribution in [1.29, 1.82) is 0 Å². The van der Waals surface area contributed by atoms with E-state index < -0.39 is 0 Å². The van der Waals surface area contributed by atoms with E-state index in [4.69, 9.17) is 4.42 Å². The lowest BCUT2D eigenvalue weighted by atomic mass is 9.94. The Morgan fingerprint density at radius 1 is 1.32 bits per heavy atom. The number of hydrogen-bond acceptors (Lipinski definition) is 5. The van der Waals surface area contributed by atoms with Gasteiger partial charge in [-0.3, -0.25) is 9.48 Å². The fourth-order valence-corrected chi connectivity index (χ4v) is 3.57. The summed E-state index contributed by atoms with van der Waals surface area (Å²) in [4.78, 5) is 18.5. The van der Waals surface area contributed by atoms with Crippen LogP contribution in [0.4, 0.5) is 6.01 Å². The summed E-state index contributed by atoms with van der Waals surface area (Å²) >= 11 is 0. The summed E-state index contributed by atoms with van der Waals surface area (Å²) < 4.78 is 7.56. The van der Waals surface area contributed by atoms with Crippen LogP contribution in [-0.4, -0.2) is 39.2 Å². The lowest BCUT2D eigenvalue weighted by Crippen LogP contribution is -2.27. The standard InChI is InChI=1S/C18H21N5O2/c1-11-13(10-20-23(11)3)17-12(8-16(24)22(17)2)9-19-18-21-14-6-4-5-7-15(14)25-18/h4-7,10,12,17H,8-9H2,1-3H3,(H,19,21)/t12-,17+/m0/s1. The summed E-state index contributed by atoms with van der Waals surface area (Å²) in [7, 11) is 3.78. The summed E-state index contributed by atoms with van der Waals surface area (Å²) in [5.41, 5.74) is 3.76. The molecule has 0 spiro atoms. The Morgan fingerprint density at radius 3 is 2.84 bits per heavy atom. The maximum absolute atomic E-state index is 12.3. The minimum Gasteiger partial charge on any atom is -0.424 e. The number of anilines is 1. The Labute approximate surface area is 145 Å². The molecule has 1 aliphatic heterocycles. The number of benzene rings is 1. The molecule has 0 unspecified atom stereocenters. The van der Waals surface area contributed by atoms with Gasteiger partial charge in [-0.1, -0.05) is 12.1 Å². The van der Waals surface area contributed by atoms with Crippen molar-refractivity contribution in [2.75, 3.05) is 18.9 Å². The summed E-state index contributed by atoms with van der Waals surface area (Å²) in [6.07, 6.45) is 2.37. The molecule has 7 nitrogen and oxygen atoms in total. The molecule has 1 amide bonds. The Bertz CT molecular complexity index is 896. The first-order valence-corrected chi connectivity index (χ1v) is 8.38. The average molecular weight is 339 g/mol. The van der Waals surface area contributed by atoms with Crippen molar-refractivity contribution in [3.8, 4) is 0 Å². The quantitative estimate of drug-likeness (QED) is 0.790. The van der Waals surface area contributed by atoms with Gasteiger partial charge in [0.1, 0.15) is 5.52 Å². The molecule has 2 aromatic heterocycles. The molecule has 3 heterocycles. The Hall–Kier alpha value is -2.83. The number of nitrogens with one attached hydrogen (secondary N) is 1. The van der Waals surface area contributed by atoms with Gasteiger partial charge in [-0.25, -0.2) is 0 Å². The first-order valence-electron chi connectivity index (χ1n) is 8.38. The molecule has 0 saturated carbocycles. The van der Waals surface area contributed by atoms with Gasteiger partial charge in [-0.15, -0.1) is 0 Å². The number of aromatic nitrogens is 3. The Morgan fingerprint density at radius 2 is 2.12 bits per heavy atom. The predicted molar refractivity (Wildman–Crippen MR) is 94.1 cm³/mol. The van der Waals surface area contributed by atoms with E-state index in [1.807, 2.05) is 61.1 Å². The van der Waals surface area contributed by atoms with E-state index in [2.05, 4.69) is 15.4 Å². The summed E-state index contributed by atoms with van der Waals surface area (Å²) in [5, 5.41) is 7.59. The largest absolute Gasteiger partial charge is 0.424 e. The molecule has 0 bridgehead atoms. The molecule has 3 aromatic rings. The van der Waals surface area contributed by atoms with Crippen LogP contribution >= 0.6 is 0 Å². The molecule has 130 valence electrons. The number of aryl methyl sites for hydroxylation is 1. The molecule has 25 heavy (non-hydrogen) atoms. The molecule has 1 aliphatic rings. The van der Waals surface area contributed by atoms with Crippen LogP contribution in [0.1, 0.15) is 23.7 Å². The van der Waals surface area contributed by atoms with Crippen molar-refractivity contribution < 1.29 is 9.21 Å². The maximum atomic E-state index is 12.3. The second-order valence-corrected chi connectivity index (χ2v) is 6.59. The van der Waals surface area contributed by atoms with E-state index >= 15 is 0 Å². The number of carbonyl (C=O) groups is 1. The van der Waals surface area contributed by atoms with Gasteiger partial charge in [0.2, 0.25) is 5.91 Å². The van der Waals surface area contributed by atoms with Gasteiger partial charge in [0, 0.05) is 44.2 Å². The van der Waals surface area contributed by atoms with E-state index in [-0.39, 0.29) is 17.9 Å². The summed E-state index contributed by atoms with van der Waals surface area (Å²) in [5.74, 6) is 0.285. The van der Waals surface area contributed by atoms with E-state index in [0.29, 0.717) is 19.0 Å². The highest BCUT2D eigenvalue weighted by Gasteiger charge is 2.40. The Balaban J connectivity index is 1.55. The van der Waals surface area contributed by atoms with Gasteiger partial charge >= 0.3 is 0 Å². The van der Waals surface area contributed by atoms with Crippen LogP contribution in [-0.2, 0) is 11.8 Å². The van der Waals surface area contributed by atoms with Crippen LogP contribution < -0.4 is 5.32 Å². The van der Waals surface area contributed by atoms with Gasteiger partial charge in [0.15, 0.2) is 5.58 Å². The van der Waals surface area contributed by atoms with Crippen molar-refractivity contribution in [3.05, 3.63) is 41.7 Å². The smallest absolute Gasteiger partial charge is 0.295 e. The first kappa shape index (κ1) is 15.7. The molecule has 1 fully saturated rings. The topological polar surface area (TPSA) is 76.2 Å². The minimum absolute atomic E-state index is 0.0121. The highest BCUT2D eigenvalue weighted by atomic mass is 16.4. The molecular weight excluding hydrogens is 318 g/mol. The van der Waals surface area contributed by atoms with E-state index in [0.717, 1.165) is 22.4 Å². The molecule has 7 heteroatoms. The van der Waals surface area contributed by atoms with Gasteiger partial charge in [-0.05, 0) is 19.1 Å². The number of rotatable bonds is 4. The predicted octanol–water partition coefficient (Wildman–Crippen LogP) is 2.50. The van der Waals surface area contributed by atoms with Crippen LogP contribution in [0.25, 0.3) is 11.1 Å². The van der Waals surface area contributed by atoms with Crippen LogP contribution in [0.15, 0.2) is 34.9 Å². The van der Waals surface area contributed by atoms with Crippen molar-refractivity contribution >= 4 is 23.0 Å². The zero-order valence-corrected chi connectivity index (χ0v) is 14.6. The van der Waals surface area contributed by atoms with Crippen molar-refractivity contribution in [1.82, 2.24) is 19.7 Å². The molecular formula is C18H21N5O2. The number of oxazole rings is 1. The number of fused-ring (bicyclic) bond motifs is 1. The van der Waals surface area contributed by atoms with E-state index in [1.54, 1.807) is 0 Å². The molecule has 4 rings (SSSR count). The number of para-hydroxylation sites is 2. The van der Waals surface area contributed by atoms with Crippen LogP contribution in [0.2, 0.25) is 0 Å². The third-order valence-corrected chi connectivity index (χ3v) is 5.10. The highest BCUT2D eigenvalue weighted by Crippen LogP contribution is 2.38. The second-order valence-electron chi connectivity index (χ2n) is 6.59. The van der Waals surface area contributed by atoms with Gasteiger partial charge in [-0.2, -0.15) is 10.1 Å². The molecule has 1 aromatic carbocycles. The van der Waals surface area contributed by atoms with Gasteiger partial charge in [0.25, 0.3) is 6.01 Å². The Kier molecular flexibility index (Phi) is 3.71. The first-order chi connectivity index (χ1) is 12.0. The second kappa shape index (κ2) is 5.91. The van der Waals surface area contributed by atoms with Crippen LogP contribution in [0, 0.1) is 12.8 Å². The minimum atomic E-state index is 0.0121. The third-order valence-electron chi connectivity index (χ3n) is 5.10. The number of amides is 1.